The van der Waals surface area contributed by atoms with Gasteiger partial charge >= 0.3 is 0 Å². The van der Waals surface area contributed by atoms with Crippen LogP contribution in [-0.4, -0.2) is 47.9 Å². The van der Waals surface area contributed by atoms with Crippen molar-refractivity contribution in [1.29, 1.82) is 0 Å². The minimum atomic E-state index is 0.0912. The molecule has 4 nitrogen and oxygen atoms in total. The maximum atomic E-state index is 8.61. The van der Waals surface area contributed by atoms with E-state index in [1.54, 1.807) is 0 Å². The van der Waals surface area contributed by atoms with E-state index in [2.05, 4.69) is 29.8 Å². The highest BCUT2D eigenvalue weighted by Gasteiger charge is 2.04. The van der Waals surface area contributed by atoms with Crippen molar-refractivity contribution < 1.29 is 9.84 Å². The molecule has 1 heterocycles. The second-order valence-electron chi connectivity index (χ2n) is 4.08. The molecule has 17 heavy (non-hydrogen) atoms. The summed E-state index contributed by atoms with van der Waals surface area (Å²) in [6, 6.07) is 2.16. The molecule has 0 aliphatic carbocycles. The van der Waals surface area contributed by atoms with Crippen LogP contribution in [0.4, 0.5) is 0 Å². The molecule has 0 saturated carbocycles. The van der Waals surface area contributed by atoms with E-state index in [1.165, 1.54) is 11.1 Å². The summed E-state index contributed by atoms with van der Waals surface area (Å²) >= 11 is 0. The van der Waals surface area contributed by atoms with Crippen LogP contribution in [-0.2, 0) is 11.3 Å². The van der Waals surface area contributed by atoms with E-state index in [4.69, 9.17) is 9.84 Å². The molecule has 1 N–H and O–H groups in total. The first-order valence-electron chi connectivity index (χ1n) is 6.07. The van der Waals surface area contributed by atoms with Gasteiger partial charge in [0.25, 0.3) is 0 Å². The van der Waals surface area contributed by atoms with Crippen molar-refractivity contribution in [3.8, 4) is 0 Å². The number of hydrogen-bond donors (Lipinski definition) is 1. The van der Waals surface area contributed by atoms with Crippen molar-refractivity contribution in [2.45, 2.75) is 20.4 Å². The predicted octanol–water partition coefficient (Wildman–Crippen LogP) is 1.22. The molecule has 0 aliphatic rings. The van der Waals surface area contributed by atoms with Gasteiger partial charge in [-0.25, -0.2) is 0 Å². The van der Waals surface area contributed by atoms with E-state index in [-0.39, 0.29) is 6.61 Å². The highest BCUT2D eigenvalue weighted by Crippen LogP contribution is 2.05. The van der Waals surface area contributed by atoms with Crippen LogP contribution in [0.5, 0.6) is 0 Å². The zero-order valence-corrected chi connectivity index (χ0v) is 10.7. The molecule has 1 aromatic heterocycles. The summed E-state index contributed by atoms with van der Waals surface area (Å²) in [5, 5.41) is 8.61. The van der Waals surface area contributed by atoms with E-state index in [0.29, 0.717) is 13.2 Å². The minimum absolute atomic E-state index is 0.0912. The number of aliphatic hydroxyl groups is 1. The van der Waals surface area contributed by atoms with Gasteiger partial charge in [0.15, 0.2) is 0 Å². The van der Waals surface area contributed by atoms with Gasteiger partial charge in [-0.2, -0.15) is 0 Å². The Hall–Kier alpha value is -0.970. The van der Waals surface area contributed by atoms with Crippen LogP contribution in [0, 0.1) is 6.92 Å². The van der Waals surface area contributed by atoms with E-state index in [0.717, 1.165) is 19.6 Å². The van der Waals surface area contributed by atoms with Crippen molar-refractivity contribution in [2.24, 2.45) is 0 Å². The van der Waals surface area contributed by atoms with E-state index < -0.39 is 0 Å². The second kappa shape index (κ2) is 8.17. The molecule has 0 atom stereocenters. The van der Waals surface area contributed by atoms with Crippen molar-refractivity contribution in [2.75, 3.05) is 32.9 Å². The van der Waals surface area contributed by atoms with Gasteiger partial charge in [-0.05, 0) is 24.6 Å². The van der Waals surface area contributed by atoms with Crippen LogP contribution in [0.3, 0.4) is 0 Å². The van der Waals surface area contributed by atoms with E-state index in [9.17, 15) is 0 Å². The Balaban J connectivity index is 2.35. The fourth-order valence-corrected chi connectivity index (χ4v) is 1.67. The molecule has 96 valence electrons. The highest BCUT2D eigenvalue weighted by molar-refractivity contribution is 5.16. The quantitative estimate of drug-likeness (QED) is 0.692. The van der Waals surface area contributed by atoms with Gasteiger partial charge < -0.3 is 9.84 Å². The van der Waals surface area contributed by atoms with Crippen molar-refractivity contribution in [3.05, 3.63) is 29.6 Å². The molecule has 4 heteroatoms. The average Bonchev–Trinajstić information content (AvgIpc) is 2.33. The van der Waals surface area contributed by atoms with Gasteiger partial charge in [-0.1, -0.05) is 13.0 Å². The lowest BCUT2D eigenvalue weighted by atomic mass is 10.2. The number of hydrogen-bond acceptors (Lipinski definition) is 4. The van der Waals surface area contributed by atoms with Crippen LogP contribution < -0.4 is 0 Å². The number of aromatic nitrogens is 1. The number of likely N-dealkylation sites (N-methyl/N-ethyl adjacent to an activating group) is 1. The van der Waals surface area contributed by atoms with Gasteiger partial charge in [0.1, 0.15) is 0 Å². The van der Waals surface area contributed by atoms with Crippen LogP contribution in [0.25, 0.3) is 0 Å². The lowest BCUT2D eigenvalue weighted by Gasteiger charge is -2.20. The molecule has 1 rings (SSSR count). The molecular weight excluding hydrogens is 216 g/mol. The maximum absolute atomic E-state index is 8.61. The summed E-state index contributed by atoms with van der Waals surface area (Å²) in [5.41, 5.74) is 2.42. The molecule has 0 saturated heterocycles. The Kier molecular flexibility index (Phi) is 6.77. The first-order chi connectivity index (χ1) is 8.26. The van der Waals surface area contributed by atoms with Crippen LogP contribution in [0.15, 0.2) is 18.5 Å². The van der Waals surface area contributed by atoms with E-state index in [1.807, 2.05) is 12.4 Å². The molecule has 0 fully saturated rings. The van der Waals surface area contributed by atoms with Crippen LogP contribution in [0.2, 0.25) is 0 Å². The molecule has 0 amide bonds. The van der Waals surface area contributed by atoms with Gasteiger partial charge in [0.05, 0.1) is 19.8 Å². The third-order valence-electron chi connectivity index (χ3n) is 2.57. The fourth-order valence-electron chi connectivity index (χ4n) is 1.67. The number of aryl methyl sites for hydroxylation is 1. The molecule has 0 spiro atoms. The second-order valence-corrected chi connectivity index (χ2v) is 4.08. The third kappa shape index (κ3) is 5.77. The monoisotopic (exact) mass is 238 g/mol. The molecule has 0 aliphatic heterocycles. The van der Waals surface area contributed by atoms with Crippen molar-refractivity contribution in [1.82, 2.24) is 9.88 Å². The number of nitrogens with zero attached hydrogens (tertiary/aromatic N) is 2. The zero-order chi connectivity index (χ0) is 12.5. The van der Waals surface area contributed by atoms with E-state index >= 15 is 0 Å². The summed E-state index contributed by atoms with van der Waals surface area (Å²) in [5.74, 6) is 0. The first kappa shape index (κ1) is 14.1. The third-order valence-corrected chi connectivity index (χ3v) is 2.57. The highest BCUT2D eigenvalue weighted by atomic mass is 16.5. The number of pyridine rings is 1. The van der Waals surface area contributed by atoms with Crippen molar-refractivity contribution in [3.63, 3.8) is 0 Å². The van der Waals surface area contributed by atoms with Gasteiger partial charge in [-0.15, -0.1) is 0 Å². The number of aliphatic hydroxyl groups excluding tert-OH is 1. The average molecular weight is 238 g/mol. The summed E-state index contributed by atoms with van der Waals surface area (Å²) < 4.78 is 5.27. The normalized spacial score (nSPS) is 11.1. The summed E-state index contributed by atoms with van der Waals surface area (Å²) in [4.78, 5) is 6.49. The Bertz CT molecular complexity index is 318. The lowest BCUT2D eigenvalue weighted by molar-refractivity contribution is 0.0732. The Morgan fingerprint density at radius 2 is 2.18 bits per heavy atom. The van der Waals surface area contributed by atoms with Gasteiger partial charge in [-0.3, -0.25) is 9.88 Å². The molecule has 0 aromatic carbocycles. The first-order valence-corrected chi connectivity index (χ1v) is 6.07. The molecule has 0 bridgehead atoms. The molecule has 1 aromatic rings. The largest absolute Gasteiger partial charge is 0.394 e. The Labute approximate surface area is 103 Å². The summed E-state index contributed by atoms with van der Waals surface area (Å²) in [6.45, 7) is 8.12. The maximum Gasteiger partial charge on any atom is 0.0698 e. The molecule has 0 unspecified atom stereocenters. The topological polar surface area (TPSA) is 45.6 Å². The SMILES string of the molecule is CCN(CCOCCO)Cc1cncc(C)c1. The molecular formula is C13H22N2O2. The number of ether oxygens (including phenoxy) is 1. The van der Waals surface area contributed by atoms with Crippen molar-refractivity contribution >= 4 is 0 Å². The molecule has 0 radical (unpaired) electrons. The zero-order valence-electron chi connectivity index (χ0n) is 10.7. The summed E-state index contributed by atoms with van der Waals surface area (Å²) in [6.07, 6.45) is 3.77. The standard InChI is InChI=1S/C13H22N2O2/c1-3-15(4-6-17-7-5-16)11-13-8-12(2)9-14-10-13/h8-10,16H,3-7,11H2,1-2H3. The predicted molar refractivity (Wildman–Crippen MR) is 67.8 cm³/mol. The Morgan fingerprint density at radius 3 is 2.82 bits per heavy atom. The lowest BCUT2D eigenvalue weighted by Crippen LogP contribution is -2.27. The van der Waals surface area contributed by atoms with Gasteiger partial charge in [0.2, 0.25) is 0 Å². The Morgan fingerprint density at radius 1 is 1.35 bits per heavy atom. The van der Waals surface area contributed by atoms with Gasteiger partial charge in [0, 0.05) is 25.5 Å². The smallest absolute Gasteiger partial charge is 0.0698 e. The number of rotatable bonds is 8. The minimum Gasteiger partial charge on any atom is -0.394 e. The van der Waals surface area contributed by atoms with Crippen LogP contribution in [0.1, 0.15) is 18.1 Å². The fraction of sp³-hybridized carbons (Fsp3) is 0.615. The van der Waals surface area contributed by atoms with Crippen LogP contribution >= 0.6 is 0 Å². The summed E-state index contributed by atoms with van der Waals surface area (Å²) in [7, 11) is 0.